The number of aryl methyl sites for hydroxylation is 1. The molecule has 0 spiro atoms. The second-order valence-corrected chi connectivity index (χ2v) is 4.38. The van der Waals surface area contributed by atoms with Crippen molar-refractivity contribution in [3.05, 3.63) is 23.8 Å². The fourth-order valence-electron chi connectivity index (χ4n) is 1.64. The Kier molecular flexibility index (Phi) is 2.39. The summed E-state index contributed by atoms with van der Waals surface area (Å²) in [5.41, 5.74) is 8.31. The Hall–Kier alpha value is -1.51. The summed E-state index contributed by atoms with van der Waals surface area (Å²) in [4.78, 5) is 11.6. The lowest BCUT2D eigenvalue weighted by Gasteiger charge is -2.06. The van der Waals surface area contributed by atoms with Gasteiger partial charge in [-0.2, -0.15) is 0 Å². The summed E-state index contributed by atoms with van der Waals surface area (Å²) in [7, 11) is 0. The van der Waals surface area contributed by atoms with E-state index < -0.39 is 0 Å². The second-order valence-electron chi connectivity index (χ2n) is 4.38. The van der Waals surface area contributed by atoms with E-state index in [0.29, 0.717) is 5.92 Å². The van der Waals surface area contributed by atoms with Crippen LogP contribution < -0.4 is 11.1 Å². The highest BCUT2D eigenvalue weighted by Gasteiger charge is 2.38. The van der Waals surface area contributed by atoms with E-state index in [2.05, 4.69) is 12.2 Å². The molecule has 2 atom stereocenters. The Bertz CT molecular complexity index is 401. The molecule has 0 bridgehead atoms. The molecule has 80 valence electrons. The lowest BCUT2D eigenvalue weighted by Crippen LogP contribution is -2.14. The van der Waals surface area contributed by atoms with Crippen molar-refractivity contribution in [1.82, 2.24) is 0 Å². The molecule has 15 heavy (non-hydrogen) atoms. The van der Waals surface area contributed by atoms with Crippen molar-refractivity contribution in [2.45, 2.75) is 20.3 Å². The van der Waals surface area contributed by atoms with E-state index in [9.17, 15) is 4.79 Å². The molecule has 0 aromatic heterocycles. The molecule has 0 radical (unpaired) electrons. The summed E-state index contributed by atoms with van der Waals surface area (Å²) < 4.78 is 0. The van der Waals surface area contributed by atoms with Crippen LogP contribution in [0.15, 0.2) is 18.2 Å². The highest BCUT2D eigenvalue weighted by atomic mass is 16.2. The van der Waals surface area contributed by atoms with Gasteiger partial charge in [0.05, 0.1) is 0 Å². The molecule has 2 rings (SSSR count). The maximum atomic E-state index is 11.6. The molecule has 2 unspecified atom stereocenters. The van der Waals surface area contributed by atoms with Crippen molar-refractivity contribution >= 4 is 17.3 Å². The maximum Gasteiger partial charge on any atom is 0.227 e. The van der Waals surface area contributed by atoms with E-state index in [1.807, 2.05) is 19.1 Å². The van der Waals surface area contributed by atoms with Crippen molar-refractivity contribution < 1.29 is 4.79 Å². The molecule has 1 aliphatic carbocycles. The molecule has 0 saturated heterocycles. The van der Waals surface area contributed by atoms with Gasteiger partial charge in [-0.3, -0.25) is 4.79 Å². The van der Waals surface area contributed by atoms with Crippen molar-refractivity contribution in [2.75, 3.05) is 11.1 Å². The SMILES string of the molecule is Cc1ccc(NC(=O)C2CC2C)cc1N. The molecule has 1 aromatic carbocycles. The third-order valence-electron chi connectivity index (χ3n) is 2.99. The summed E-state index contributed by atoms with van der Waals surface area (Å²) in [6.07, 6.45) is 1.01. The highest BCUT2D eigenvalue weighted by molar-refractivity contribution is 5.94. The van der Waals surface area contributed by atoms with Crippen LogP contribution in [-0.4, -0.2) is 5.91 Å². The molecule has 3 heteroatoms. The third kappa shape index (κ3) is 2.12. The quantitative estimate of drug-likeness (QED) is 0.725. The average molecular weight is 204 g/mol. The number of nitrogens with one attached hydrogen (secondary N) is 1. The molecule has 0 heterocycles. The summed E-state index contributed by atoms with van der Waals surface area (Å²) in [5.74, 6) is 0.853. The first-order valence-corrected chi connectivity index (χ1v) is 5.25. The van der Waals surface area contributed by atoms with Crippen LogP contribution in [0.5, 0.6) is 0 Å². The zero-order chi connectivity index (χ0) is 11.0. The van der Waals surface area contributed by atoms with Crippen LogP contribution in [0.1, 0.15) is 18.9 Å². The first-order valence-electron chi connectivity index (χ1n) is 5.25. The minimum absolute atomic E-state index is 0.116. The fourth-order valence-corrected chi connectivity index (χ4v) is 1.64. The van der Waals surface area contributed by atoms with Crippen LogP contribution in [0, 0.1) is 18.8 Å². The van der Waals surface area contributed by atoms with Crippen LogP contribution in [0.2, 0.25) is 0 Å². The summed E-state index contributed by atoms with van der Waals surface area (Å²) in [6.45, 7) is 4.04. The van der Waals surface area contributed by atoms with Gasteiger partial charge in [0, 0.05) is 17.3 Å². The van der Waals surface area contributed by atoms with Gasteiger partial charge in [0.1, 0.15) is 0 Å². The molecule has 0 aliphatic heterocycles. The Morgan fingerprint density at radius 1 is 1.53 bits per heavy atom. The predicted molar refractivity (Wildman–Crippen MR) is 61.5 cm³/mol. The minimum Gasteiger partial charge on any atom is -0.398 e. The molecule has 1 aliphatic rings. The van der Waals surface area contributed by atoms with Gasteiger partial charge in [-0.15, -0.1) is 0 Å². The van der Waals surface area contributed by atoms with Crippen molar-refractivity contribution in [2.24, 2.45) is 11.8 Å². The monoisotopic (exact) mass is 204 g/mol. The van der Waals surface area contributed by atoms with E-state index in [4.69, 9.17) is 5.73 Å². The first-order chi connectivity index (χ1) is 7.08. The smallest absolute Gasteiger partial charge is 0.227 e. The van der Waals surface area contributed by atoms with E-state index in [0.717, 1.165) is 23.4 Å². The largest absolute Gasteiger partial charge is 0.398 e. The number of hydrogen-bond acceptors (Lipinski definition) is 2. The Morgan fingerprint density at radius 3 is 2.73 bits per heavy atom. The summed E-state index contributed by atoms with van der Waals surface area (Å²) in [5, 5.41) is 2.88. The normalized spacial score (nSPS) is 23.6. The molecule has 3 nitrogen and oxygen atoms in total. The van der Waals surface area contributed by atoms with Crippen molar-refractivity contribution in [1.29, 1.82) is 0 Å². The Balaban J connectivity index is 2.04. The number of hydrogen-bond donors (Lipinski definition) is 2. The lowest BCUT2D eigenvalue weighted by molar-refractivity contribution is -0.117. The van der Waals surface area contributed by atoms with Crippen LogP contribution in [-0.2, 0) is 4.79 Å². The van der Waals surface area contributed by atoms with Gasteiger partial charge in [-0.1, -0.05) is 13.0 Å². The standard InChI is InChI=1S/C12H16N2O/c1-7-3-4-9(6-11(7)13)14-12(15)10-5-8(10)2/h3-4,6,8,10H,5,13H2,1-2H3,(H,14,15). The van der Waals surface area contributed by atoms with Crippen LogP contribution >= 0.6 is 0 Å². The zero-order valence-corrected chi connectivity index (χ0v) is 9.08. The molecule has 1 fully saturated rings. The molecule has 1 saturated carbocycles. The first kappa shape index (κ1) is 10.0. The molecular formula is C12H16N2O. The van der Waals surface area contributed by atoms with Crippen LogP contribution in [0.4, 0.5) is 11.4 Å². The summed E-state index contributed by atoms with van der Waals surface area (Å²) >= 11 is 0. The fraction of sp³-hybridized carbons (Fsp3) is 0.417. The van der Waals surface area contributed by atoms with Crippen LogP contribution in [0.25, 0.3) is 0 Å². The number of nitrogen functional groups attached to an aromatic ring is 1. The van der Waals surface area contributed by atoms with E-state index in [1.54, 1.807) is 6.07 Å². The average Bonchev–Trinajstić information content (AvgIpc) is 2.89. The van der Waals surface area contributed by atoms with Crippen LogP contribution in [0.3, 0.4) is 0 Å². The van der Waals surface area contributed by atoms with Gasteiger partial charge in [0.15, 0.2) is 0 Å². The maximum absolute atomic E-state index is 11.6. The zero-order valence-electron chi connectivity index (χ0n) is 9.08. The molecule has 3 N–H and O–H groups in total. The second kappa shape index (κ2) is 3.57. The Morgan fingerprint density at radius 2 is 2.20 bits per heavy atom. The summed E-state index contributed by atoms with van der Waals surface area (Å²) in [6, 6.07) is 5.61. The number of rotatable bonds is 2. The number of benzene rings is 1. The number of carbonyl (C=O) groups is 1. The number of amides is 1. The van der Waals surface area contributed by atoms with E-state index in [1.165, 1.54) is 0 Å². The highest BCUT2D eigenvalue weighted by Crippen LogP contribution is 2.38. The van der Waals surface area contributed by atoms with Gasteiger partial charge >= 0.3 is 0 Å². The van der Waals surface area contributed by atoms with Crippen molar-refractivity contribution in [3.8, 4) is 0 Å². The number of nitrogens with two attached hydrogens (primary N) is 1. The lowest BCUT2D eigenvalue weighted by atomic mass is 10.2. The topological polar surface area (TPSA) is 55.1 Å². The van der Waals surface area contributed by atoms with Gasteiger partial charge in [-0.25, -0.2) is 0 Å². The van der Waals surface area contributed by atoms with Gasteiger partial charge < -0.3 is 11.1 Å². The number of carbonyl (C=O) groups excluding carboxylic acids is 1. The number of anilines is 2. The van der Waals surface area contributed by atoms with Crippen molar-refractivity contribution in [3.63, 3.8) is 0 Å². The van der Waals surface area contributed by atoms with E-state index in [-0.39, 0.29) is 11.8 Å². The van der Waals surface area contributed by atoms with Gasteiger partial charge in [0.25, 0.3) is 0 Å². The molecular weight excluding hydrogens is 188 g/mol. The van der Waals surface area contributed by atoms with E-state index >= 15 is 0 Å². The predicted octanol–water partition coefficient (Wildman–Crippen LogP) is 2.17. The molecule has 1 amide bonds. The Labute approximate surface area is 89.7 Å². The van der Waals surface area contributed by atoms with Gasteiger partial charge in [0.2, 0.25) is 5.91 Å². The third-order valence-corrected chi connectivity index (χ3v) is 2.99. The van der Waals surface area contributed by atoms with Gasteiger partial charge in [-0.05, 0) is 37.0 Å². The molecule has 1 aromatic rings. The minimum atomic E-state index is 0.116.